The molecular formula is C20H19N3S2. The normalized spacial score (nSPS) is 19.9. The Balaban J connectivity index is 1.85. The van der Waals surface area contributed by atoms with Crippen molar-refractivity contribution >= 4 is 34.4 Å². The third-order valence-electron chi connectivity index (χ3n) is 4.55. The molecule has 3 aromatic rings. The zero-order valence-corrected chi connectivity index (χ0v) is 15.8. The molecule has 126 valence electrons. The number of thiocarbonyl (C=S) groups is 1. The van der Waals surface area contributed by atoms with Gasteiger partial charge in [-0.15, -0.1) is 11.3 Å². The standard InChI is InChI=1S/C20H19N3S2/c1-13-6-5-7-15(12-13)23-18(19-14(2)9-11-25-19)17(22-20(23)24)16-8-3-4-10-21-16/h3-12,17-18H,1-2H3,(H,22,24). The highest BCUT2D eigenvalue weighted by atomic mass is 32.1. The van der Waals surface area contributed by atoms with Gasteiger partial charge in [-0.2, -0.15) is 0 Å². The average Bonchev–Trinajstić information content (AvgIpc) is 3.18. The van der Waals surface area contributed by atoms with Crippen LogP contribution in [-0.2, 0) is 0 Å². The number of aryl methyl sites for hydroxylation is 2. The number of rotatable bonds is 3. The molecule has 5 heteroatoms. The highest BCUT2D eigenvalue weighted by Gasteiger charge is 2.41. The molecule has 0 radical (unpaired) electrons. The third-order valence-corrected chi connectivity index (χ3v) is 5.95. The van der Waals surface area contributed by atoms with Crippen LogP contribution in [0.2, 0.25) is 0 Å². The maximum Gasteiger partial charge on any atom is 0.174 e. The minimum Gasteiger partial charge on any atom is -0.351 e. The molecule has 2 atom stereocenters. The molecule has 1 aliphatic rings. The average molecular weight is 366 g/mol. The lowest BCUT2D eigenvalue weighted by molar-refractivity contribution is 0.573. The molecule has 4 rings (SSSR count). The van der Waals surface area contributed by atoms with Gasteiger partial charge in [-0.05, 0) is 72.9 Å². The molecule has 1 aromatic carbocycles. The van der Waals surface area contributed by atoms with E-state index >= 15 is 0 Å². The van der Waals surface area contributed by atoms with Gasteiger partial charge in [-0.1, -0.05) is 18.2 Å². The highest BCUT2D eigenvalue weighted by molar-refractivity contribution is 7.80. The van der Waals surface area contributed by atoms with E-state index in [-0.39, 0.29) is 12.1 Å². The summed E-state index contributed by atoms with van der Waals surface area (Å²) < 4.78 is 0. The van der Waals surface area contributed by atoms with Gasteiger partial charge in [-0.3, -0.25) is 4.98 Å². The Labute approximate surface area is 157 Å². The molecule has 3 nitrogen and oxygen atoms in total. The minimum absolute atomic E-state index is 0.0339. The van der Waals surface area contributed by atoms with E-state index in [0.717, 1.165) is 16.5 Å². The molecular weight excluding hydrogens is 346 g/mol. The van der Waals surface area contributed by atoms with Gasteiger partial charge < -0.3 is 10.2 Å². The van der Waals surface area contributed by atoms with Crippen molar-refractivity contribution in [1.29, 1.82) is 0 Å². The van der Waals surface area contributed by atoms with Gasteiger partial charge in [0.2, 0.25) is 0 Å². The van der Waals surface area contributed by atoms with E-state index in [1.165, 1.54) is 16.0 Å². The van der Waals surface area contributed by atoms with Gasteiger partial charge in [0, 0.05) is 16.8 Å². The summed E-state index contributed by atoms with van der Waals surface area (Å²) in [5.74, 6) is 0. The predicted octanol–water partition coefficient (Wildman–Crippen LogP) is 4.94. The number of pyridine rings is 1. The van der Waals surface area contributed by atoms with E-state index in [4.69, 9.17) is 12.2 Å². The number of aromatic nitrogens is 1. The van der Waals surface area contributed by atoms with E-state index in [9.17, 15) is 0 Å². The van der Waals surface area contributed by atoms with Crippen molar-refractivity contribution in [3.05, 3.63) is 81.8 Å². The number of nitrogens with one attached hydrogen (secondary N) is 1. The zero-order valence-electron chi connectivity index (χ0n) is 14.1. The van der Waals surface area contributed by atoms with Gasteiger partial charge in [0.25, 0.3) is 0 Å². The van der Waals surface area contributed by atoms with Crippen LogP contribution >= 0.6 is 23.6 Å². The van der Waals surface area contributed by atoms with E-state index in [2.05, 4.69) is 70.8 Å². The zero-order chi connectivity index (χ0) is 17.4. The Kier molecular flexibility index (Phi) is 4.27. The van der Waals surface area contributed by atoms with Gasteiger partial charge >= 0.3 is 0 Å². The summed E-state index contributed by atoms with van der Waals surface area (Å²) in [5.41, 5.74) is 4.65. The van der Waals surface area contributed by atoms with E-state index < -0.39 is 0 Å². The van der Waals surface area contributed by atoms with Crippen molar-refractivity contribution in [2.45, 2.75) is 25.9 Å². The molecule has 1 saturated heterocycles. The van der Waals surface area contributed by atoms with Gasteiger partial charge in [0.1, 0.15) is 0 Å². The first-order valence-corrected chi connectivity index (χ1v) is 9.55. The quantitative estimate of drug-likeness (QED) is 0.666. The van der Waals surface area contributed by atoms with Gasteiger partial charge in [0.15, 0.2) is 5.11 Å². The first-order valence-electron chi connectivity index (χ1n) is 8.26. The minimum atomic E-state index is 0.0339. The monoisotopic (exact) mass is 365 g/mol. The first kappa shape index (κ1) is 16.2. The van der Waals surface area contributed by atoms with Crippen LogP contribution < -0.4 is 10.2 Å². The molecule has 0 spiro atoms. The Bertz CT molecular complexity index is 904. The second kappa shape index (κ2) is 6.58. The molecule has 1 aliphatic heterocycles. The smallest absolute Gasteiger partial charge is 0.174 e. The van der Waals surface area contributed by atoms with Crippen molar-refractivity contribution in [3.63, 3.8) is 0 Å². The van der Waals surface area contributed by atoms with Crippen LogP contribution in [0.25, 0.3) is 0 Å². The maximum absolute atomic E-state index is 5.73. The largest absolute Gasteiger partial charge is 0.351 e. The second-order valence-corrected chi connectivity index (χ2v) is 7.64. The Hall–Kier alpha value is -2.24. The number of nitrogens with zero attached hydrogens (tertiary/aromatic N) is 2. The van der Waals surface area contributed by atoms with Gasteiger partial charge in [0.05, 0.1) is 17.8 Å². The van der Waals surface area contributed by atoms with E-state index in [0.29, 0.717) is 0 Å². The van der Waals surface area contributed by atoms with Crippen LogP contribution in [0.15, 0.2) is 60.1 Å². The molecule has 1 N–H and O–H groups in total. The first-order chi connectivity index (χ1) is 12.1. The van der Waals surface area contributed by atoms with Crippen molar-refractivity contribution < 1.29 is 0 Å². The fourth-order valence-electron chi connectivity index (χ4n) is 3.36. The number of benzene rings is 1. The molecule has 0 bridgehead atoms. The lowest BCUT2D eigenvalue weighted by atomic mass is 10.0. The highest BCUT2D eigenvalue weighted by Crippen LogP contribution is 2.44. The molecule has 1 fully saturated rings. The van der Waals surface area contributed by atoms with Crippen LogP contribution in [0.5, 0.6) is 0 Å². The van der Waals surface area contributed by atoms with Crippen LogP contribution in [-0.4, -0.2) is 10.1 Å². The van der Waals surface area contributed by atoms with Crippen molar-refractivity contribution in [2.75, 3.05) is 4.90 Å². The Morgan fingerprint density at radius 2 is 2.00 bits per heavy atom. The third kappa shape index (κ3) is 2.94. The van der Waals surface area contributed by atoms with E-state index in [1.807, 2.05) is 18.3 Å². The number of hydrogen-bond acceptors (Lipinski definition) is 3. The molecule has 25 heavy (non-hydrogen) atoms. The van der Waals surface area contributed by atoms with Crippen LogP contribution in [0, 0.1) is 13.8 Å². The molecule has 2 unspecified atom stereocenters. The Morgan fingerprint density at radius 3 is 2.68 bits per heavy atom. The molecule has 0 amide bonds. The summed E-state index contributed by atoms with van der Waals surface area (Å²) in [6.45, 7) is 4.27. The van der Waals surface area contributed by atoms with Crippen LogP contribution in [0.4, 0.5) is 5.69 Å². The summed E-state index contributed by atoms with van der Waals surface area (Å²) in [6, 6.07) is 16.8. The van der Waals surface area contributed by atoms with Crippen molar-refractivity contribution in [3.8, 4) is 0 Å². The summed E-state index contributed by atoms with van der Waals surface area (Å²) in [6.07, 6.45) is 1.84. The number of hydrogen-bond donors (Lipinski definition) is 1. The topological polar surface area (TPSA) is 28.2 Å². The Morgan fingerprint density at radius 1 is 1.12 bits per heavy atom. The molecule has 0 aliphatic carbocycles. The van der Waals surface area contributed by atoms with Crippen molar-refractivity contribution in [1.82, 2.24) is 10.3 Å². The summed E-state index contributed by atoms with van der Waals surface area (Å²) in [5, 5.41) is 6.40. The fraction of sp³-hybridized carbons (Fsp3) is 0.200. The van der Waals surface area contributed by atoms with Crippen LogP contribution in [0.1, 0.15) is 33.8 Å². The van der Waals surface area contributed by atoms with E-state index in [1.54, 1.807) is 11.3 Å². The summed E-state index contributed by atoms with van der Waals surface area (Å²) in [4.78, 5) is 8.15. The fourth-order valence-corrected chi connectivity index (χ4v) is 4.76. The molecule has 2 aromatic heterocycles. The van der Waals surface area contributed by atoms with Crippen molar-refractivity contribution in [2.24, 2.45) is 0 Å². The SMILES string of the molecule is Cc1cccc(N2C(=S)NC(c3ccccn3)C2c2sccc2C)c1. The lowest BCUT2D eigenvalue weighted by Crippen LogP contribution is -2.29. The van der Waals surface area contributed by atoms with Crippen LogP contribution in [0.3, 0.4) is 0 Å². The lowest BCUT2D eigenvalue weighted by Gasteiger charge is -2.27. The molecule has 3 heterocycles. The maximum atomic E-state index is 5.73. The summed E-state index contributed by atoms with van der Waals surface area (Å²) in [7, 11) is 0. The van der Waals surface area contributed by atoms with Gasteiger partial charge in [-0.25, -0.2) is 0 Å². The second-order valence-electron chi connectivity index (χ2n) is 6.30. The molecule has 0 saturated carbocycles. The predicted molar refractivity (Wildman–Crippen MR) is 108 cm³/mol. The number of anilines is 1. The number of thiophene rings is 1. The summed E-state index contributed by atoms with van der Waals surface area (Å²) >= 11 is 7.51.